The molecule has 6 heteroatoms. The van der Waals surface area contributed by atoms with Crippen LogP contribution in [0.3, 0.4) is 0 Å². The summed E-state index contributed by atoms with van der Waals surface area (Å²) in [6, 6.07) is 11.0. The SMILES string of the molecule is C[Si](C)(C)C#Cc1cccc(-c2c(C#N)c(N)[nH]c(=O)c2C#N)c1. The van der Waals surface area contributed by atoms with Crippen LogP contribution in [0.5, 0.6) is 0 Å². The summed E-state index contributed by atoms with van der Waals surface area (Å²) in [6.45, 7) is 6.43. The molecular weight excluding hydrogens is 316 g/mol. The Morgan fingerprint density at radius 1 is 1.12 bits per heavy atom. The number of nitrogens with zero attached hydrogens (tertiary/aromatic N) is 2. The van der Waals surface area contributed by atoms with Gasteiger partial charge < -0.3 is 10.7 Å². The molecule has 2 rings (SSSR count). The number of aromatic amines is 1. The Morgan fingerprint density at radius 2 is 1.79 bits per heavy atom. The summed E-state index contributed by atoms with van der Waals surface area (Å²) >= 11 is 0. The van der Waals surface area contributed by atoms with Gasteiger partial charge in [0.1, 0.15) is 37.2 Å². The highest BCUT2D eigenvalue weighted by Gasteiger charge is 2.18. The van der Waals surface area contributed by atoms with Gasteiger partial charge in [-0.25, -0.2) is 0 Å². The molecule has 3 N–H and O–H groups in total. The third kappa shape index (κ3) is 3.55. The lowest BCUT2D eigenvalue weighted by Crippen LogP contribution is -2.16. The molecular formula is C18H16N4OSi. The molecule has 2 aromatic rings. The van der Waals surface area contributed by atoms with E-state index in [1.165, 1.54) is 0 Å². The number of nitrogens with one attached hydrogen (secondary N) is 1. The lowest BCUT2D eigenvalue weighted by atomic mass is 9.95. The van der Waals surface area contributed by atoms with E-state index in [9.17, 15) is 15.3 Å². The van der Waals surface area contributed by atoms with Crippen molar-refractivity contribution in [2.24, 2.45) is 0 Å². The molecule has 0 saturated heterocycles. The van der Waals surface area contributed by atoms with Gasteiger partial charge in [0.25, 0.3) is 5.56 Å². The molecule has 0 aliphatic carbocycles. The number of benzene rings is 1. The number of rotatable bonds is 1. The molecule has 1 aromatic carbocycles. The first-order valence-electron chi connectivity index (χ1n) is 7.26. The largest absolute Gasteiger partial charge is 0.384 e. The van der Waals surface area contributed by atoms with Crippen molar-refractivity contribution < 1.29 is 0 Å². The average Bonchev–Trinajstić information content (AvgIpc) is 2.52. The van der Waals surface area contributed by atoms with Crippen LogP contribution in [0.15, 0.2) is 29.1 Å². The molecule has 0 aliphatic heterocycles. The number of hydrogen-bond donors (Lipinski definition) is 2. The summed E-state index contributed by atoms with van der Waals surface area (Å²) in [7, 11) is -1.53. The molecule has 0 aliphatic rings. The van der Waals surface area contributed by atoms with Crippen LogP contribution in [0, 0.1) is 34.1 Å². The van der Waals surface area contributed by atoms with Gasteiger partial charge in [-0.3, -0.25) is 4.79 Å². The van der Waals surface area contributed by atoms with Gasteiger partial charge in [-0.2, -0.15) is 10.5 Å². The zero-order chi connectivity index (χ0) is 17.9. The van der Waals surface area contributed by atoms with Crippen molar-refractivity contribution in [3.63, 3.8) is 0 Å². The first kappa shape index (κ1) is 17.1. The third-order valence-corrected chi connectivity index (χ3v) is 4.08. The number of nitriles is 2. The van der Waals surface area contributed by atoms with Crippen LogP contribution in [0.4, 0.5) is 5.82 Å². The molecule has 24 heavy (non-hydrogen) atoms. The summed E-state index contributed by atoms with van der Waals surface area (Å²) in [5, 5.41) is 18.7. The van der Waals surface area contributed by atoms with Crippen LogP contribution in [0.1, 0.15) is 16.7 Å². The molecule has 0 amide bonds. The summed E-state index contributed by atoms with van der Waals surface area (Å²) in [5.41, 5.74) is 9.93. The molecule has 1 heterocycles. The second-order valence-corrected chi connectivity index (χ2v) is 11.0. The Labute approximate surface area is 141 Å². The van der Waals surface area contributed by atoms with Crippen molar-refractivity contribution in [2.45, 2.75) is 19.6 Å². The van der Waals surface area contributed by atoms with Crippen LogP contribution in [0.2, 0.25) is 19.6 Å². The van der Waals surface area contributed by atoms with Crippen molar-refractivity contribution in [3.05, 3.63) is 51.3 Å². The Morgan fingerprint density at radius 3 is 2.38 bits per heavy atom. The van der Waals surface area contributed by atoms with Gasteiger partial charge in [0.2, 0.25) is 0 Å². The predicted octanol–water partition coefficient (Wildman–Crippen LogP) is 2.60. The van der Waals surface area contributed by atoms with Crippen molar-refractivity contribution in [2.75, 3.05) is 5.73 Å². The molecule has 1 aromatic heterocycles. The fourth-order valence-electron chi connectivity index (χ4n) is 2.14. The van der Waals surface area contributed by atoms with Crippen molar-refractivity contribution in [1.82, 2.24) is 4.98 Å². The molecule has 0 atom stereocenters. The predicted molar refractivity (Wildman–Crippen MR) is 96.6 cm³/mol. The monoisotopic (exact) mass is 332 g/mol. The Bertz CT molecular complexity index is 1010. The van der Waals surface area contributed by atoms with Crippen LogP contribution in [-0.4, -0.2) is 13.1 Å². The van der Waals surface area contributed by atoms with E-state index in [0.717, 1.165) is 5.56 Å². The minimum Gasteiger partial charge on any atom is -0.384 e. The zero-order valence-electron chi connectivity index (χ0n) is 13.7. The first-order valence-corrected chi connectivity index (χ1v) is 10.8. The molecule has 0 fully saturated rings. The molecule has 0 unspecified atom stereocenters. The van der Waals surface area contributed by atoms with Crippen molar-refractivity contribution >= 4 is 13.9 Å². The smallest absolute Gasteiger partial charge is 0.268 e. The number of pyridine rings is 1. The third-order valence-electron chi connectivity index (χ3n) is 3.20. The number of nitrogens with two attached hydrogens (primary N) is 1. The summed E-state index contributed by atoms with van der Waals surface area (Å²) in [5.74, 6) is 3.08. The first-order chi connectivity index (χ1) is 11.3. The summed E-state index contributed by atoms with van der Waals surface area (Å²) in [6.07, 6.45) is 0. The standard InChI is InChI=1S/C18H16N4OSi/c1-24(2,3)8-7-12-5-4-6-13(9-12)16-14(10-19)17(21)22-18(23)15(16)11-20/h4-6,9H,1-3H3,(H3,21,22,23). The van der Waals surface area contributed by atoms with E-state index in [4.69, 9.17) is 5.73 Å². The minimum absolute atomic E-state index is 0.0462. The highest BCUT2D eigenvalue weighted by atomic mass is 28.3. The number of hydrogen-bond acceptors (Lipinski definition) is 4. The lowest BCUT2D eigenvalue weighted by molar-refractivity contribution is 1.21. The summed E-state index contributed by atoms with van der Waals surface area (Å²) in [4.78, 5) is 14.3. The second-order valence-electron chi connectivity index (χ2n) is 6.30. The van der Waals surface area contributed by atoms with Gasteiger partial charge >= 0.3 is 0 Å². The lowest BCUT2D eigenvalue weighted by Gasteiger charge is -2.09. The molecule has 0 saturated carbocycles. The fourth-order valence-corrected chi connectivity index (χ4v) is 2.66. The van der Waals surface area contributed by atoms with E-state index >= 15 is 0 Å². The van der Waals surface area contributed by atoms with Crippen LogP contribution in [0.25, 0.3) is 11.1 Å². The molecule has 0 bridgehead atoms. The van der Waals surface area contributed by atoms with Gasteiger partial charge in [0.05, 0.1) is 0 Å². The Kier molecular flexibility index (Phi) is 4.60. The highest BCUT2D eigenvalue weighted by Crippen LogP contribution is 2.28. The topological polar surface area (TPSA) is 106 Å². The number of aromatic nitrogens is 1. The van der Waals surface area contributed by atoms with Gasteiger partial charge in [0, 0.05) is 11.1 Å². The zero-order valence-corrected chi connectivity index (χ0v) is 14.7. The quantitative estimate of drug-likeness (QED) is 0.618. The van der Waals surface area contributed by atoms with E-state index in [1.54, 1.807) is 18.2 Å². The number of nitrogen functional groups attached to an aromatic ring is 1. The van der Waals surface area contributed by atoms with E-state index in [0.29, 0.717) is 5.56 Å². The average molecular weight is 332 g/mol. The van der Waals surface area contributed by atoms with Crippen LogP contribution in [-0.2, 0) is 0 Å². The second kappa shape index (κ2) is 6.46. The Balaban J connectivity index is 2.74. The maximum Gasteiger partial charge on any atom is 0.268 e. The Hall–Kier alpha value is -3.27. The number of H-pyrrole nitrogens is 1. The van der Waals surface area contributed by atoms with E-state index < -0.39 is 13.6 Å². The van der Waals surface area contributed by atoms with Crippen molar-refractivity contribution in [1.29, 1.82) is 10.5 Å². The highest BCUT2D eigenvalue weighted by molar-refractivity contribution is 6.83. The van der Waals surface area contributed by atoms with Gasteiger partial charge in [-0.1, -0.05) is 37.7 Å². The molecule has 118 valence electrons. The van der Waals surface area contributed by atoms with Crippen LogP contribution < -0.4 is 11.3 Å². The maximum absolute atomic E-state index is 12.0. The van der Waals surface area contributed by atoms with E-state index in [1.807, 2.05) is 18.2 Å². The molecule has 0 spiro atoms. The molecule has 0 radical (unpaired) electrons. The van der Waals surface area contributed by atoms with Crippen molar-refractivity contribution in [3.8, 4) is 34.7 Å². The molecule has 5 nitrogen and oxygen atoms in total. The van der Waals surface area contributed by atoms with E-state index in [-0.39, 0.29) is 22.5 Å². The van der Waals surface area contributed by atoms with Gasteiger partial charge in [-0.15, -0.1) is 5.54 Å². The normalized spacial score (nSPS) is 10.2. The fraction of sp³-hybridized carbons (Fsp3) is 0.167. The summed E-state index contributed by atoms with van der Waals surface area (Å²) < 4.78 is 0. The van der Waals surface area contributed by atoms with Crippen LogP contribution >= 0.6 is 0 Å². The maximum atomic E-state index is 12.0. The van der Waals surface area contributed by atoms with Gasteiger partial charge in [-0.05, 0) is 17.7 Å². The van der Waals surface area contributed by atoms with E-state index in [2.05, 4.69) is 36.1 Å². The minimum atomic E-state index is -1.53. The van der Waals surface area contributed by atoms with Gasteiger partial charge in [0.15, 0.2) is 0 Å². The number of anilines is 1.